The lowest BCUT2D eigenvalue weighted by Gasteiger charge is -2.22. The number of anilines is 1. The largest absolute Gasteiger partial charge is 0.486 e. The van der Waals surface area contributed by atoms with Crippen molar-refractivity contribution >= 4 is 15.7 Å². The normalized spacial score (nSPS) is 14.5. The molecule has 0 amide bonds. The minimum Gasteiger partial charge on any atom is -0.486 e. The van der Waals surface area contributed by atoms with E-state index < -0.39 is 10.0 Å². The molecule has 17 heavy (non-hydrogen) atoms. The van der Waals surface area contributed by atoms with E-state index in [2.05, 4.69) is 0 Å². The Morgan fingerprint density at radius 1 is 1.24 bits per heavy atom. The molecule has 6 heteroatoms. The zero-order valence-electron chi connectivity index (χ0n) is 9.84. The first-order valence-corrected chi connectivity index (χ1v) is 7.02. The Hall–Kier alpha value is -1.43. The topological polar surface area (TPSA) is 55.8 Å². The van der Waals surface area contributed by atoms with Gasteiger partial charge in [-0.1, -0.05) is 0 Å². The molecule has 0 N–H and O–H groups in total. The van der Waals surface area contributed by atoms with Gasteiger partial charge in [-0.25, -0.2) is 8.42 Å². The van der Waals surface area contributed by atoms with E-state index in [1.807, 2.05) is 0 Å². The van der Waals surface area contributed by atoms with Crippen molar-refractivity contribution in [3.05, 3.63) is 18.2 Å². The second-order valence-corrected chi connectivity index (χ2v) is 5.98. The summed E-state index contributed by atoms with van der Waals surface area (Å²) < 4.78 is 35.5. The van der Waals surface area contributed by atoms with Crippen LogP contribution in [-0.2, 0) is 10.0 Å². The Kier molecular flexibility index (Phi) is 3.15. The number of ether oxygens (including phenoxy) is 2. The predicted molar refractivity (Wildman–Crippen MR) is 65.3 cm³/mol. The van der Waals surface area contributed by atoms with Crippen LogP contribution in [0.2, 0.25) is 0 Å². The molecule has 1 aromatic rings. The van der Waals surface area contributed by atoms with Gasteiger partial charge in [-0.05, 0) is 19.1 Å². The molecule has 0 spiro atoms. The molecule has 94 valence electrons. The number of nitrogens with zero attached hydrogens (tertiary/aromatic N) is 1. The molecule has 0 saturated carbocycles. The summed E-state index contributed by atoms with van der Waals surface area (Å²) in [6.07, 6.45) is 0. The standard InChI is InChI=1S/C11H15NO4S/c1-3-17(13,14)12(2)9-4-5-10-11(8-9)16-7-6-15-10/h4-5,8H,3,6-7H2,1-2H3. The maximum Gasteiger partial charge on any atom is 0.234 e. The van der Waals surface area contributed by atoms with Gasteiger partial charge in [0.25, 0.3) is 0 Å². The quantitative estimate of drug-likeness (QED) is 0.817. The molecule has 2 rings (SSSR count). The molecule has 0 saturated heterocycles. The summed E-state index contributed by atoms with van der Waals surface area (Å²) in [5.41, 5.74) is 0.580. The molecule has 0 aromatic heterocycles. The van der Waals surface area contributed by atoms with Crippen molar-refractivity contribution in [1.29, 1.82) is 0 Å². The van der Waals surface area contributed by atoms with Crippen molar-refractivity contribution in [2.45, 2.75) is 6.92 Å². The van der Waals surface area contributed by atoms with E-state index >= 15 is 0 Å². The van der Waals surface area contributed by atoms with Crippen molar-refractivity contribution in [1.82, 2.24) is 0 Å². The van der Waals surface area contributed by atoms with Gasteiger partial charge in [-0.2, -0.15) is 0 Å². The highest BCUT2D eigenvalue weighted by molar-refractivity contribution is 7.92. The fourth-order valence-electron chi connectivity index (χ4n) is 1.58. The number of hydrogen-bond donors (Lipinski definition) is 0. The smallest absolute Gasteiger partial charge is 0.234 e. The van der Waals surface area contributed by atoms with E-state index in [1.165, 1.54) is 11.4 Å². The van der Waals surface area contributed by atoms with Gasteiger partial charge in [0.1, 0.15) is 13.2 Å². The molecule has 0 aliphatic carbocycles. The van der Waals surface area contributed by atoms with Crippen LogP contribution in [0.5, 0.6) is 11.5 Å². The Labute approximate surface area is 101 Å². The summed E-state index contributed by atoms with van der Waals surface area (Å²) >= 11 is 0. The van der Waals surface area contributed by atoms with Crippen LogP contribution in [0.15, 0.2) is 18.2 Å². The lowest BCUT2D eigenvalue weighted by Crippen LogP contribution is -2.28. The third-order valence-electron chi connectivity index (χ3n) is 2.67. The zero-order chi connectivity index (χ0) is 12.5. The molecule has 1 aliphatic heterocycles. The van der Waals surface area contributed by atoms with Gasteiger partial charge in [-0.3, -0.25) is 4.31 Å². The van der Waals surface area contributed by atoms with Crippen molar-refractivity contribution in [3.63, 3.8) is 0 Å². The molecule has 0 radical (unpaired) electrons. The summed E-state index contributed by atoms with van der Waals surface area (Å²) in [6.45, 7) is 2.62. The Bertz CT molecular complexity index is 512. The van der Waals surface area contributed by atoms with Crippen molar-refractivity contribution in [2.24, 2.45) is 0 Å². The molecular weight excluding hydrogens is 242 g/mol. The molecule has 1 aromatic carbocycles. The maximum atomic E-state index is 11.7. The summed E-state index contributed by atoms with van der Waals surface area (Å²) in [6, 6.07) is 5.12. The van der Waals surface area contributed by atoms with Crippen molar-refractivity contribution < 1.29 is 17.9 Å². The van der Waals surface area contributed by atoms with E-state index in [-0.39, 0.29) is 5.75 Å². The first-order chi connectivity index (χ1) is 8.04. The molecule has 1 heterocycles. The minimum atomic E-state index is -3.24. The maximum absolute atomic E-state index is 11.7. The van der Waals surface area contributed by atoms with Crippen LogP contribution in [0.25, 0.3) is 0 Å². The third-order valence-corrected chi connectivity index (χ3v) is 4.45. The fraction of sp³-hybridized carbons (Fsp3) is 0.455. The van der Waals surface area contributed by atoms with E-state index in [1.54, 1.807) is 25.1 Å². The van der Waals surface area contributed by atoms with Crippen LogP contribution in [-0.4, -0.2) is 34.4 Å². The highest BCUT2D eigenvalue weighted by atomic mass is 32.2. The lowest BCUT2D eigenvalue weighted by atomic mass is 10.2. The number of hydrogen-bond acceptors (Lipinski definition) is 4. The minimum absolute atomic E-state index is 0.0674. The van der Waals surface area contributed by atoms with Crippen LogP contribution in [0, 0.1) is 0 Å². The number of fused-ring (bicyclic) bond motifs is 1. The average molecular weight is 257 g/mol. The third kappa shape index (κ3) is 2.31. The Morgan fingerprint density at radius 3 is 2.53 bits per heavy atom. The van der Waals surface area contributed by atoms with Crippen LogP contribution in [0.4, 0.5) is 5.69 Å². The molecule has 0 bridgehead atoms. The average Bonchev–Trinajstić information content (AvgIpc) is 2.37. The molecular formula is C11H15NO4S. The zero-order valence-corrected chi connectivity index (χ0v) is 10.7. The van der Waals surface area contributed by atoms with E-state index in [4.69, 9.17) is 9.47 Å². The van der Waals surface area contributed by atoms with E-state index in [0.717, 1.165) is 0 Å². The van der Waals surface area contributed by atoms with Gasteiger partial charge in [-0.15, -0.1) is 0 Å². The number of sulfonamides is 1. The van der Waals surface area contributed by atoms with E-state index in [0.29, 0.717) is 30.4 Å². The predicted octanol–water partition coefficient (Wildman–Crippen LogP) is 1.24. The van der Waals surface area contributed by atoms with Gasteiger partial charge in [0.2, 0.25) is 10.0 Å². The highest BCUT2D eigenvalue weighted by Crippen LogP contribution is 2.34. The Morgan fingerprint density at radius 2 is 1.88 bits per heavy atom. The molecule has 1 aliphatic rings. The van der Waals surface area contributed by atoms with Crippen LogP contribution >= 0.6 is 0 Å². The van der Waals surface area contributed by atoms with Crippen molar-refractivity contribution in [3.8, 4) is 11.5 Å². The summed E-state index contributed by atoms with van der Waals surface area (Å²) in [7, 11) is -1.71. The summed E-state index contributed by atoms with van der Waals surface area (Å²) in [4.78, 5) is 0. The van der Waals surface area contributed by atoms with Gasteiger partial charge in [0, 0.05) is 13.1 Å². The van der Waals surface area contributed by atoms with E-state index in [9.17, 15) is 8.42 Å². The second-order valence-electron chi connectivity index (χ2n) is 3.70. The number of rotatable bonds is 3. The molecule has 0 fully saturated rings. The second kappa shape index (κ2) is 4.44. The fourth-order valence-corrected chi connectivity index (χ4v) is 2.40. The van der Waals surface area contributed by atoms with Crippen LogP contribution in [0.3, 0.4) is 0 Å². The first kappa shape index (κ1) is 12.0. The van der Waals surface area contributed by atoms with Crippen LogP contribution < -0.4 is 13.8 Å². The molecule has 5 nitrogen and oxygen atoms in total. The van der Waals surface area contributed by atoms with Crippen molar-refractivity contribution in [2.75, 3.05) is 30.3 Å². The van der Waals surface area contributed by atoms with Crippen LogP contribution in [0.1, 0.15) is 6.92 Å². The van der Waals surface area contributed by atoms with Gasteiger partial charge in [0.05, 0.1) is 11.4 Å². The first-order valence-electron chi connectivity index (χ1n) is 5.41. The Balaban J connectivity index is 2.34. The lowest BCUT2D eigenvalue weighted by molar-refractivity contribution is 0.171. The highest BCUT2D eigenvalue weighted by Gasteiger charge is 2.19. The number of benzene rings is 1. The molecule has 0 atom stereocenters. The van der Waals surface area contributed by atoms with Gasteiger partial charge < -0.3 is 9.47 Å². The summed E-state index contributed by atoms with van der Waals surface area (Å²) in [5.74, 6) is 1.31. The van der Waals surface area contributed by atoms with Gasteiger partial charge in [0.15, 0.2) is 11.5 Å². The monoisotopic (exact) mass is 257 g/mol. The summed E-state index contributed by atoms with van der Waals surface area (Å²) in [5, 5.41) is 0. The SMILES string of the molecule is CCS(=O)(=O)N(C)c1ccc2c(c1)OCCO2. The van der Waals surface area contributed by atoms with Gasteiger partial charge >= 0.3 is 0 Å². The molecule has 0 unspecified atom stereocenters.